The second kappa shape index (κ2) is 3.75. The summed E-state index contributed by atoms with van der Waals surface area (Å²) in [5.41, 5.74) is 6.49. The summed E-state index contributed by atoms with van der Waals surface area (Å²) in [4.78, 5) is 0. The number of nitrogens with two attached hydrogens (primary N) is 1. The molecule has 2 unspecified atom stereocenters. The molecule has 3 heteroatoms. The highest BCUT2D eigenvalue weighted by molar-refractivity contribution is 5.17. The van der Waals surface area contributed by atoms with Gasteiger partial charge in [-0.25, -0.2) is 0 Å². The van der Waals surface area contributed by atoms with Crippen LogP contribution in [0.3, 0.4) is 0 Å². The van der Waals surface area contributed by atoms with Crippen LogP contribution in [0.4, 0.5) is 0 Å². The zero-order chi connectivity index (χ0) is 10.0. The van der Waals surface area contributed by atoms with E-state index in [-0.39, 0.29) is 5.60 Å². The zero-order valence-corrected chi connectivity index (χ0v) is 8.53. The molecule has 2 atom stereocenters. The van der Waals surface area contributed by atoms with Crippen molar-refractivity contribution >= 4 is 0 Å². The Morgan fingerprint density at radius 1 is 1.64 bits per heavy atom. The molecule has 0 saturated carbocycles. The van der Waals surface area contributed by atoms with E-state index in [0.717, 1.165) is 24.8 Å². The molecule has 1 aromatic heterocycles. The van der Waals surface area contributed by atoms with E-state index in [1.54, 1.807) is 12.5 Å². The lowest BCUT2D eigenvalue weighted by Crippen LogP contribution is -2.22. The molecule has 3 nitrogen and oxygen atoms in total. The third kappa shape index (κ3) is 1.70. The smallest absolute Gasteiger partial charge is 0.0963 e. The SMILES string of the molecule is CC1(c2ccoc2)CCC(CCN)O1. The van der Waals surface area contributed by atoms with Crippen molar-refractivity contribution in [3.05, 3.63) is 24.2 Å². The Morgan fingerprint density at radius 3 is 3.14 bits per heavy atom. The Balaban J connectivity index is 2.06. The van der Waals surface area contributed by atoms with Gasteiger partial charge in [-0.3, -0.25) is 0 Å². The van der Waals surface area contributed by atoms with Crippen molar-refractivity contribution in [2.75, 3.05) is 6.54 Å². The topological polar surface area (TPSA) is 48.4 Å². The molecule has 1 aliphatic rings. The molecule has 0 radical (unpaired) electrons. The van der Waals surface area contributed by atoms with E-state index in [9.17, 15) is 0 Å². The maximum absolute atomic E-state index is 5.99. The van der Waals surface area contributed by atoms with Crippen molar-refractivity contribution in [2.45, 2.75) is 37.9 Å². The van der Waals surface area contributed by atoms with Crippen molar-refractivity contribution in [3.63, 3.8) is 0 Å². The third-order valence-electron chi connectivity index (χ3n) is 2.99. The van der Waals surface area contributed by atoms with Crippen LogP contribution >= 0.6 is 0 Å². The summed E-state index contributed by atoms with van der Waals surface area (Å²) < 4.78 is 11.1. The fourth-order valence-electron chi connectivity index (χ4n) is 2.09. The second-order valence-corrected chi connectivity index (χ2v) is 4.10. The standard InChI is InChI=1S/C11H17NO2/c1-11(9-4-7-13-8-9)5-2-10(14-11)3-6-12/h4,7-8,10H,2-3,5-6,12H2,1H3. The number of ether oxygens (including phenoxy) is 1. The molecule has 78 valence electrons. The molecule has 1 saturated heterocycles. The van der Waals surface area contributed by atoms with Crippen LogP contribution in [0, 0.1) is 0 Å². The van der Waals surface area contributed by atoms with Crippen molar-refractivity contribution in [1.29, 1.82) is 0 Å². The molecule has 0 aromatic carbocycles. The van der Waals surface area contributed by atoms with Crippen LogP contribution in [0.15, 0.2) is 23.0 Å². The van der Waals surface area contributed by atoms with Crippen molar-refractivity contribution < 1.29 is 9.15 Å². The minimum absolute atomic E-state index is 0.160. The van der Waals surface area contributed by atoms with Crippen molar-refractivity contribution in [2.24, 2.45) is 5.73 Å². The van der Waals surface area contributed by atoms with Gasteiger partial charge in [-0.15, -0.1) is 0 Å². The maximum atomic E-state index is 5.99. The molecule has 1 aliphatic heterocycles. The number of hydrogen-bond acceptors (Lipinski definition) is 3. The van der Waals surface area contributed by atoms with Gasteiger partial charge in [-0.05, 0) is 38.8 Å². The Hall–Kier alpha value is -0.800. The summed E-state index contributed by atoms with van der Waals surface area (Å²) in [5, 5.41) is 0. The van der Waals surface area contributed by atoms with Gasteiger partial charge in [0.1, 0.15) is 0 Å². The molecule has 2 heterocycles. The molecule has 2 rings (SSSR count). The first-order valence-electron chi connectivity index (χ1n) is 5.15. The van der Waals surface area contributed by atoms with Crippen LogP contribution in [-0.4, -0.2) is 12.6 Å². The van der Waals surface area contributed by atoms with Crippen LogP contribution in [-0.2, 0) is 10.3 Å². The van der Waals surface area contributed by atoms with Gasteiger partial charge in [0.15, 0.2) is 0 Å². The van der Waals surface area contributed by atoms with Crippen LogP contribution < -0.4 is 5.73 Å². The Labute approximate surface area is 84.2 Å². The second-order valence-electron chi connectivity index (χ2n) is 4.10. The first-order valence-corrected chi connectivity index (χ1v) is 5.15. The van der Waals surface area contributed by atoms with E-state index < -0.39 is 0 Å². The molecule has 14 heavy (non-hydrogen) atoms. The highest BCUT2D eigenvalue weighted by atomic mass is 16.5. The van der Waals surface area contributed by atoms with Gasteiger partial charge in [0.05, 0.1) is 24.2 Å². The van der Waals surface area contributed by atoms with E-state index in [1.807, 2.05) is 6.07 Å². The molecule has 0 aliphatic carbocycles. The maximum Gasteiger partial charge on any atom is 0.0963 e. The zero-order valence-electron chi connectivity index (χ0n) is 8.53. The lowest BCUT2D eigenvalue weighted by atomic mass is 9.95. The van der Waals surface area contributed by atoms with E-state index in [4.69, 9.17) is 14.9 Å². The first-order chi connectivity index (χ1) is 6.74. The van der Waals surface area contributed by atoms with Crippen molar-refractivity contribution in [3.8, 4) is 0 Å². The van der Waals surface area contributed by atoms with E-state index in [2.05, 4.69) is 6.92 Å². The van der Waals surface area contributed by atoms with Gasteiger partial charge < -0.3 is 14.9 Å². The van der Waals surface area contributed by atoms with E-state index in [0.29, 0.717) is 12.6 Å². The summed E-state index contributed by atoms with van der Waals surface area (Å²) in [7, 11) is 0. The van der Waals surface area contributed by atoms with Gasteiger partial charge in [0.2, 0.25) is 0 Å². The fraction of sp³-hybridized carbons (Fsp3) is 0.636. The predicted molar refractivity (Wildman–Crippen MR) is 53.8 cm³/mol. The molecule has 1 aromatic rings. The summed E-state index contributed by atoms with van der Waals surface area (Å²) >= 11 is 0. The third-order valence-corrected chi connectivity index (χ3v) is 2.99. The average molecular weight is 195 g/mol. The molecular weight excluding hydrogens is 178 g/mol. The monoisotopic (exact) mass is 195 g/mol. The average Bonchev–Trinajstić information content (AvgIpc) is 2.75. The number of rotatable bonds is 3. The normalized spacial score (nSPS) is 32.3. The molecule has 0 amide bonds. The van der Waals surface area contributed by atoms with Gasteiger partial charge >= 0.3 is 0 Å². The quantitative estimate of drug-likeness (QED) is 0.802. The Kier molecular flexibility index (Phi) is 2.61. The summed E-state index contributed by atoms with van der Waals surface area (Å²) in [5.74, 6) is 0. The summed E-state index contributed by atoms with van der Waals surface area (Å²) in [6, 6.07) is 1.98. The first kappa shape index (κ1) is 9.74. The molecule has 1 fully saturated rings. The van der Waals surface area contributed by atoms with Crippen LogP contribution in [0.5, 0.6) is 0 Å². The van der Waals surface area contributed by atoms with Gasteiger partial charge in [0.25, 0.3) is 0 Å². The minimum atomic E-state index is -0.160. The number of hydrogen-bond donors (Lipinski definition) is 1. The Bertz CT molecular complexity index is 283. The Morgan fingerprint density at radius 2 is 2.50 bits per heavy atom. The van der Waals surface area contributed by atoms with Crippen molar-refractivity contribution in [1.82, 2.24) is 0 Å². The fourth-order valence-corrected chi connectivity index (χ4v) is 2.09. The molecule has 0 bridgehead atoms. The highest BCUT2D eigenvalue weighted by Crippen LogP contribution is 2.39. The minimum Gasteiger partial charge on any atom is -0.472 e. The summed E-state index contributed by atoms with van der Waals surface area (Å²) in [6.45, 7) is 2.82. The highest BCUT2D eigenvalue weighted by Gasteiger charge is 2.37. The molecule has 0 spiro atoms. The lowest BCUT2D eigenvalue weighted by Gasteiger charge is -2.23. The van der Waals surface area contributed by atoms with Gasteiger partial charge in [0, 0.05) is 5.56 Å². The number of furan rings is 1. The molecular formula is C11H17NO2. The van der Waals surface area contributed by atoms with Crippen LogP contribution in [0.2, 0.25) is 0 Å². The van der Waals surface area contributed by atoms with Gasteiger partial charge in [-0.1, -0.05) is 0 Å². The van der Waals surface area contributed by atoms with Crippen LogP contribution in [0.1, 0.15) is 31.7 Å². The van der Waals surface area contributed by atoms with Gasteiger partial charge in [-0.2, -0.15) is 0 Å². The largest absolute Gasteiger partial charge is 0.472 e. The van der Waals surface area contributed by atoms with E-state index >= 15 is 0 Å². The lowest BCUT2D eigenvalue weighted by molar-refractivity contribution is -0.0344. The summed E-state index contributed by atoms with van der Waals surface area (Å²) in [6.07, 6.45) is 6.88. The van der Waals surface area contributed by atoms with E-state index in [1.165, 1.54) is 0 Å². The van der Waals surface area contributed by atoms with Crippen LogP contribution in [0.25, 0.3) is 0 Å². The molecule has 2 N–H and O–H groups in total. The predicted octanol–water partition coefficient (Wildman–Crippen LogP) is 2.02.